The fraction of sp³-hybridized carbons (Fsp3) is 0.417. The maximum Gasteiger partial charge on any atom is 0.240 e. The molecule has 0 saturated carbocycles. The Morgan fingerprint density at radius 2 is 2.16 bits per heavy atom. The van der Waals surface area contributed by atoms with Crippen LogP contribution in [0.3, 0.4) is 0 Å². The second-order valence-electron chi connectivity index (χ2n) is 4.05. The molecule has 0 aliphatic rings. The first kappa shape index (κ1) is 15.9. The summed E-state index contributed by atoms with van der Waals surface area (Å²) in [5.41, 5.74) is 0.256. The molecule has 1 aromatic rings. The van der Waals surface area contributed by atoms with E-state index in [1.54, 1.807) is 0 Å². The summed E-state index contributed by atoms with van der Waals surface area (Å²) in [7, 11) is -1.67. The van der Waals surface area contributed by atoms with Gasteiger partial charge in [-0.15, -0.1) is 0 Å². The lowest BCUT2D eigenvalue weighted by molar-refractivity contribution is 0.358. The average molecular weight is 302 g/mol. The van der Waals surface area contributed by atoms with Crippen molar-refractivity contribution >= 4 is 21.6 Å². The summed E-state index contributed by atoms with van der Waals surface area (Å²) in [4.78, 5) is 2.06. The Hall–Kier alpha value is -1.13. The molecule has 0 aliphatic heterocycles. The number of halogens is 1. The predicted molar refractivity (Wildman–Crippen MR) is 74.5 cm³/mol. The quantitative estimate of drug-likeness (QED) is 0.863. The van der Waals surface area contributed by atoms with E-state index in [0.29, 0.717) is 13.1 Å². The van der Waals surface area contributed by atoms with E-state index in [9.17, 15) is 8.42 Å². The van der Waals surface area contributed by atoms with Gasteiger partial charge in [0.2, 0.25) is 10.0 Å². The van der Waals surface area contributed by atoms with Gasteiger partial charge >= 0.3 is 0 Å². The number of hydrogen-bond acceptors (Lipinski definition) is 4. The molecule has 0 bridgehead atoms. The van der Waals surface area contributed by atoms with Gasteiger partial charge in [0.25, 0.3) is 0 Å². The first-order valence-corrected chi connectivity index (χ1v) is 7.64. The summed E-state index contributed by atoms with van der Waals surface area (Å²) in [6, 6.07) is 5.94. The van der Waals surface area contributed by atoms with Gasteiger partial charge in [-0.05, 0) is 31.8 Å². The zero-order valence-corrected chi connectivity index (χ0v) is 12.4. The molecule has 7 heteroatoms. The van der Waals surface area contributed by atoms with E-state index in [1.165, 1.54) is 18.2 Å². The van der Waals surface area contributed by atoms with Crippen molar-refractivity contribution in [1.82, 2.24) is 9.62 Å². The standard InChI is InChI=1S/C12H16ClN3O2S/c1-3-16(2)7-6-15-19(17,18)11-5-4-10(9-14)12(13)8-11/h4-5,8,15H,3,6-7H2,1-2H3. The highest BCUT2D eigenvalue weighted by atomic mass is 35.5. The van der Waals surface area contributed by atoms with Crippen LogP contribution in [0.4, 0.5) is 0 Å². The van der Waals surface area contributed by atoms with Crippen LogP contribution in [0, 0.1) is 11.3 Å². The van der Waals surface area contributed by atoms with Crippen molar-refractivity contribution in [3.8, 4) is 6.07 Å². The smallest absolute Gasteiger partial charge is 0.240 e. The average Bonchev–Trinajstić information content (AvgIpc) is 2.38. The van der Waals surface area contributed by atoms with Gasteiger partial charge in [-0.1, -0.05) is 18.5 Å². The van der Waals surface area contributed by atoms with E-state index in [0.717, 1.165) is 6.54 Å². The minimum atomic E-state index is -3.58. The summed E-state index contributed by atoms with van der Waals surface area (Å²) >= 11 is 5.82. The van der Waals surface area contributed by atoms with Crippen molar-refractivity contribution in [3.05, 3.63) is 28.8 Å². The summed E-state index contributed by atoms with van der Waals surface area (Å²) in [6.07, 6.45) is 0. The maximum absolute atomic E-state index is 12.0. The van der Waals surface area contributed by atoms with Crippen LogP contribution in [0.15, 0.2) is 23.1 Å². The van der Waals surface area contributed by atoms with Gasteiger partial charge in [0.05, 0.1) is 15.5 Å². The Morgan fingerprint density at radius 1 is 1.47 bits per heavy atom. The minimum absolute atomic E-state index is 0.0654. The zero-order chi connectivity index (χ0) is 14.5. The highest BCUT2D eigenvalue weighted by Crippen LogP contribution is 2.19. The zero-order valence-electron chi connectivity index (χ0n) is 10.9. The molecule has 1 N–H and O–H groups in total. The number of hydrogen-bond donors (Lipinski definition) is 1. The molecule has 0 radical (unpaired) electrons. The molecule has 0 spiro atoms. The maximum atomic E-state index is 12.0. The molecule has 1 rings (SSSR count). The Morgan fingerprint density at radius 3 is 2.68 bits per heavy atom. The second kappa shape index (κ2) is 6.87. The predicted octanol–water partition coefficient (Wildman–Crippen LogP) is 1.44. The molecule has 0 fully saturated rings. The van der Waals surface area contributed by atoms with Gasteiger partial charge in [-0.25, -0.2) is 13.1 Å². The van der Waals surface area contributed by atoms with Crippen LogP contribution in [0.25, 0.3) is 0 Å². The van der Waals surface area contributed by atoms with Gasteiger partial charge in [0.15, 0.2) is 0 Å². The third-order valence-corrected chi connectivity index (χ3v) is 4.47. The van der Waals surface area contributed by atoms with Gasteiger partial charge in [-0.2, -0.15) is 5.26 Å². The number of rotatable bonds is 6. The van der Waals surface area contributed by atoms with E-state index in [4.69, 9.17) is 16.9 Å². The molecule has 19 heavy (non-hydrogen) atoms. The van der Waals surface area contributed by atoms with Crippen molar-refractivity contribution < 1.29 is 8.42 Å². The van der Waals surface area contributed by atoms with Crippen molar-refractivity contribution in [2.24, 2.45) is 0 Å². The molecule has 104 valence electrons. The second-order valence-corrected chi connectivity index (χ2v) is 6.22. The lowest BCUT2D eigenvalue weighted by Gasteiger charge is -2.14. The summed E-state index contributed by atoms with van der Waals surface area (Å²) in [6.45, 7) is 3.79. The third kappa shape index (κ3) is 4.48. The van der Waals surface area contributed by atoms with Crippen LogP contribution in [0.2, 0.25) is 5.02 Å². The molecule has 0 unspecified atom stereocenters. The van der Waals surface area contributed by atoms with E-state index < -0.39 is 10.0 Å². The number of nitriles is 1. The number of sulfonamides is 1. The molecule has 0 amide bonds. The molecular weight excluding hydrogens is 286 g/mol. The summed E-state index contributed by atoms with van der Waals surface area (Å²) < 4.78 is 26.5. The molecule has 0 atom stereocenters. The number of nitrogens with one attached hydrogen (secondary N) is 1. The van der Waals surface area contributed by atoms with Crippen LogP contribution in [0.1, 0.15) is 12.5 Å². The largest absolute Gasteiger partial charge is 0.305 e. The molecule has 5 nitrogen and oxygen atoms in total. The highest BCUT2D eigenvalue weighted by Gasteiger charge is 2.15. The normalized spacial score (nSPS) is 11.5. The molecule has 0 aromatic heterocycles. The van der Waals surface area contributed by atoms with Gasteiger partial charge in [0.1, 0.15) is 6.07 Å². The van der Waals surface area contributed by atoms with Crippen LogP contribution in [-0.4, -0.2) is 40.0 Å². The number of likely N-dealkylation sites (N-methyl/N-ethyl adjacent to an activating group) is 1. The first-order valence-electron chi connectivity index (χ1n) is 5.78. The number of nitrogens with zero attached hydrogens (tertiary/aromatic N) is 2. The van der Waals surface area contributed by atoms with Crippen molar-refractivity contribution in [3.63, 3.8) is 0 Å². The monoisotopic (exact) mass is 301 g/mol. The van der Waals surface area contributed by atoms with Gasteiger partial charge in [0, 0.05) is 13.1 Å². The first-order chi connectivity index (χ1) is 8.90. The number of benzene rings is 1. The minimum Gasteiger partial charge on any atom is -0.305 e. The van der Waals surface area contributed by atoms with E-state index in [1.807, 2.05) is 24.9 Å². The van der Waals surface area contributed by atoms with Crippen LogP contribution >= 0.6 is 11.6 Å². The molecular formula is C12H16ClN3O2S. The lowest BCUT2D eigenvalue weighted by Crippen LogP contribution is -2.32. The topological polar surface area (TPSA) is 73.2 Å². The Balaban J connectivity index is 2.78. The Bertz CT molecular complexity index is 581. The van der Waals surface area contributed by atoms with Crippen LogP contribution in [0.5, 0.6) is 0 Å². The Kier molecular flexibility index (Phi) is 5.76. The van der Waals surface area contributed by atoms with Gasteiger partial charge in [-0.3, -0.25) is 0 Å². The lowest BCUT2D eigenvalue weighted by atomic mass is 10.2. The van der Waals surface area contributed by atoms with E-state index in [-0.39, 0.29) is 15.5 Å². The highest BCUT2D eigenvalue weighted by molar-refractivity contribution is 7.89. The third-order valence-electron chi connectivity index (χ3n) is 2.70. The summed E-state index contributed by atoms with van der Waals surface area (Å²) in [5, 5.41) is 8.87. The van der Waals surface area contributed by atoms with E-state index in [2.05, 4.69) is 4.72 Å². The van der Waals surface area contributed by atoms with Crippen LogP contribution in [-0.2, 0) is 10.0 Å². The van der Waals surface area contributed by atoms with Crippen molar-refractivity contribution in [2.75, 3.05) is 26.7 Å². The van der Waals surface area contributed by atoms with Crippen molar-refractivity contribution in [1.29, 1.82) is 5.26 Å². The Labute approximate surface area is 118 Å². The van der Waals surface area contributed by atoms with E-state index >= 15 is 0 Å². The fourth-order valence-electron chi connectivity index (χ4n) is 1.37. The molecule has 0 aliphatic carbocycles. The van der Waals surface area contributed by atoms with Crippen LogP contribution < -0.4 is 4.72 Å². The SMILES string of the molecule is CCN(C)CCNS(=O)(=O)c1ccc(C#N)c(Cl)c1. The van der Waals surface area contributed by atoms with Gasteiger partial charge < -0.3 is 4.90 Å². The summed E-state index contributed by atoms with van der Waals surface area (Å²) in [5.74, 6) is 0. The molecule has 0 heterocycles. The molecule has 1 aromatic carbocycles. The molecule has 0 saturated heterocycles. The van der Waals surface area contributed by atoms with Crippen molar-refractivity contribution in [2.45, 2.75) is 11.8 Å². The fourth-order valence-corrected chi connectivity index (χ4v) is 2.70.